The van der Waals surface area contributed by atoms with Crippen molar-refractivity contribution in [3.8, 4) is 0 Å². The average Bonchev–Trinajstić information content (AvgIpc) is 3.01. The Morgan fingerprint density at radius 1 is 1.30 bits per heavy atom. The second-order valence-electron chi connectivity index (χ2n) is 4.90. The van der Waals surface area contributed by atoms with Gasteiger partial charge in [0, 0.05) is 10.6 Å². The summed E-state index contributed by atoms with van der Waals surface area (Å²) >= 11 is 11.3. The molecule has 7 heteroatoms. The Kier molecular flexibility index (Phi) is 4.02. The Hall–Kier alpha value is -2.44. The van der Waals surface area contributed by atoms with Crippen LogP contribution in [0.2, 0.25) is 5.02 Å². The van der Waals surface area contributed by atoms with Crippen LogP contribution in [0.15, 0.2) is 46.8 Å². The molecular weight excluding hydrogens is 336 g/mol. The van der Waals surface area contributed by atoms with Crippen molar-refractivity contribution in [3.63, 3.8) is 0 Å². The summed E-state index contributed by atoms with van der Waals surface area (Å²) in [5, 5.41) is 3.06. The minimum Gasteiger partial charge on any atom is -0.472 e. The third kappa shape index (κ3) is 2.78. The number of rotatable bonds is 2. The number of hydrogen-bond acceptors (Lipinski definition) is 4. The average molecular weight is 347 g/mol. The van der Waals surface area contributed by atoms with Crippen molar-refractivity contribution in [1.82, 2.24) is 5.32 Å². The fourth-order valence-corrected chi connectivity index (χ4v) is 2.68. The van der Waals surface area contributed by atoms with Crippen LogP contribution in [-0.2, 0) is 9.59 Å². The number of nitrogens with one attached hydrogen (secondary N) is 1. The number of furan rings is 1. The second kappa shape index (κ2) is 5.98. The van der Waals surface area contributed by atoms with Crippen molar-refractivity contribution in [3.05, 3.63) is 58.5 Å². The highest BCUT2D eigenvalue weighted by molar-refractivity contribution is 7.80. The Morgan fingerprint density at radius 3 is 2.78 bits per heavy atom. The fraction of sp³-hybridized carbons (Fsp3) is 0.0625. The summed E-state index contributed by atoms with van der Waals surface area (Å²) in [6.45, 7) is 1.78. The third-order valence-electron chi connectivity index (χ3n) is 3.44. The molecule has 1 N–H and O–H groups in total. The first-order valence-corrected chi connectivity index (χ1v) is 7.46. The van der Waals surface area contributed by atoms with E-state index in [1.807, 2.05) is 0 Å². The predicted molar refractivity (Wildman–Crippen MR) is 91.1 cm³/mol. The van der Waals surface area contributed by atoms with Crippen LogP contribution >= 0.6 is 23.8 Å². The van der Waals surface area contributed by atoms with Crippen molar-refractivity contribution < 1.29 is 14.0 Å². The van der Waals surface area contributed by atoms with Crippen LogP contribution in [0.1, 0.15) is 11.1 Å². The molecule has 0 atom stereocenters. The molecule has 3 rings (SSSR count). The van der Waals surface area contributed by atoms with E-state index in [4.69, 9.17) is 28.2 Å². The lowest BCUT2D eigenvalue weighted by molar-refractivity contribution is -0.122. The van der Waals surface area contributed by atoms with E-state index >= 15 is 0 Å². The lowest BCUT2D eigenvalue weighted by Gasteiger charge is -2.30. The number of nitrogens with zero attached hydrogens (tertiary/aromatic N) is 1. The van der Waals surface area contributed by atoms with Crippen LogP contribution in [0.4, 0.5) is 5.69 Å². The summed E-state index contributed by atoms with van der Waals surface area (Å²) in [5.74, 6) is -1.05. The van der Waals surface area contributed by atoms with E-state index < -0.39 is 11.8 Å². The van der Waals surface area contributed by atoms with Gasteiger partial charge in [-0.25, -0.2) is 0 Å². The Balaban J connectivity index is 2.07. The van der Waals surface area contributed by atoms with E-state index in [0.717, 1.165) is 0 Å². The molecule has 2 heterocycles. The fourth-order valence-electron chi connectivity index (χ4n) is 2.24. The molecule has 1 aliphatic heterocycles. The standard InChI is InChI=1S/C16H11ClN2O3S/c1-9-12(17)3-2-4-13(9)19-15(21)11(14(20)18-16(19)23)7-10-5-6-22-8-10/h2-8H,1H3,(H,18,20,23)/b11-7+. The zero-order chi connectivity index (χ0) is 16.6. The smallest absolute Gasteiger partial charge is 0.270 e. The normalized spacial score (nSPS) is 16.9. The Morgan fingerprint density at radius 2 is 2.09 bits per heavy atom. The molecule has 2 aromatic rings. The number of anilines is 1. The van der Waals surface area contributed by atoms with E-state index in [0.29, 0.717) is 21.8 Å². The molecule has 1 fully saturated rings. The maximum absolute atomic E-state index is 12.8. The van der Waals surface area contributed by atoms with Crippen LogP contribution in [-0.4, -0.2) is 16.9 Å². The van der Waals surface area contributed by atoms with E-state index in [-0.39, 0.29) is 10.7 Å². The van der Waals surface area contributed by atoms with Crippen molar-refractivity contribution >= 4 is 52.5 Å². The van der Waals surface area contributed by atoms with Gasteiger partial charge in [-0.15, -0.1) is 0 Å². The molecule has 1 saturated heterocycles. The molecule has 116 valence electrons. The van der Waals surface area contributed by atoms with Crippen LogP contribution in [0, 0.1) is 6.92 Å². The van der Waals surface area contributed by atoms with Gasteiger partial charge in [-0.2, -0.15) is 0 Å². The van der Waals surface area contributed by atoms with Gasteiger partial charge in [-0.05, 0) is 49.0 Å². The van der Waals surface area contributed by atoms with E-state index in [2.05, 4.69) is 5.32 Å². The van der Waals surface area contributed by atoms with Gasteiger partial charge in [0.1, 0.15) is 5.57 Å². The highest BCUT2D eigenvalue weighted by Gasteiger charge is 2.35. The van der Waals surface area contributed by atoms with Crippen molar-refractivity contribution in [2.24, 2.45) is 0 Å². The quantitative estimate of drug-likeness (QED) is 0.515. The molecule has 0 unspecified atom stereocenters. The van der Waals surface area contributed by atoms with Gasteiger partial charge < -0.3 is 4.42 Å². The monoisotopic (exact) mass is 346 g/mol. The zero-order valence-corrected chi connectivity index (χ0v) is 13.6. The summed E-state index contributed by atoms with van der Waals surface area (Å²) in [4.78, 5) is 26.1. The van der Waals surface area contributed by atoms with Gasteiger partial charge in [0.05, 0.1) is 18.2 Å². The van der Waals surface area contributed by atoms with Gasteiger partial charge in [-0.3, -0.25) is 19.8 Å². The van der Waals surface area contributed by atoms with Gasteiger partial charge in [-0.1, -0.05) is 17.7 Å². The minimum atomic E-state index is -0.544. The number of carbonyl (C=O) groups excluding carboxylic acids is 2. The number of hydrogen-bond donors (Lipinski definition) is 1. The first kappa shape index (κ1) is 15.5. The molecule has 5 nitrogen and oxygen atoms in total. The van der Waals surface area contributed by atoms with Gasteiger partial charge >= 0.3 is 0 Å². The number of carbonyl (C=O) groups is 2. The van der Waals surface area contributed by atoms with E-state index in [9.17, 15) is 9.59 Å². The lowest BCUT2D eigenvalue weighted by Crippen LogP contribution is -2.54. The van der Waals surface area contributed by atoms with Crippen molar-refractivity contribution in [2.75, 3.05) is 4.90 Å². The van der Waals surface area contributed by atoms with Gasteiger partial charge in [0.25, 0.3) is 11.8 Å². The molecule has 1 aromatic carbocycles. The molecule has 0 radical (unpaired) electrons. The highest BCUT2D eigenvalue weighted by atomic mass is 35.5. The van der Waals surface area contributed by atoms with Gasteiger partial charge in [0.15, 0.2) is 5.11 Å². The lowest BCUT2D eigenvalue weighted by atomic mass is 10.1. The molecule has 23 heavy (non-hydrogen) atoms. The van der Waals surface area contributed by atoms with E-state index in [1.54, 1.807) is 31.2 Å². The molecular formula is C16H11ClN2O3S. The summed E-state index contributed by atoms with van der Waals surface area (Å²) in [7, 11) is 0. The van der Waals surface area contributed by atoms with Crippen molar-refractivity contribution in [1.29, 1.82) is 0 Å². The molecule has 1 aliphatic rings. The SMILES string of the molecule is Cc1c(Cl)cccc1N1C(=O)/C(=C/c2ccoc2)C(=O)NC1=S. The summed E-state index contributed by atoms with van der Waals surface area (Å²) in [6.07, 6.45) is 4.35. The van der Waals surface area contributed by atoms with Crippen LogP contribution in [0.25, 0.3) is 6.08 Å². The predicted octanol–water partition coefficient (Wildman–Crippen LogP) is 3.07. The maximum Gasteiger partial charge on any atom is 0.270 e. The molecule has 0 aliphatic carbocycles. The molecule has 2 amide bonds. The van der Waals surface area contributed by atoms with E-state index in [1.165, 1.54) is 23.5 Å². The largest absolute Gasteiger partial charge is 0.472 e. The molecule has 0 saturated carbocycles. The first-order chi connectivity index (χ1) is 11.0. The van der Waals surface area contributed by atoms with Crippen LogP contribution in [0.5, 0.6) is 0 Å². The Labute approximate surface area is 142 Å². The minimum absolute atomic E-state index is 0.0229. The maximum atomic E-state index is 12.8. The summed E-state index contributed by atoms with van der Waals surface area (Å²) < 4.78 is 4.95. The second-order valence-corrected chi connectivity index (χ2v) is 5.69. The molecule has 1 aromatic heterocycles. The number of benzene rings is 1. The number of thiocarbonyl (C=S) groups is 1. The Bertz CT molecular complexity index is 843. The molecule has 0 spiro atoms. The highest BCUT2D eigenvalue weighted by Crippen LogP contribution is 2.29. The topological polar surface area (TPSA) is 62.6 Å². The summed E-state index contributed by atoms with van der Waals surface area (Å²) in [6, 6.07) is 6.81. The summed E-state index contributed by atoms with van der Waals surface area (Å²) in [5.41, 5.74) is 1.81. The first-order valence-electron chi connectivity index (χ1n) is 6.68. The van der Waals surface area contributed by atoms with Crippen molar-refractivity contribution in [2.45, 2.75) is 6.92 Å². The van der Waals surface area contributed by atoms with Gasteiger partial charge in [0.2, 0.25) is 0 Å². The van der Waals surface area contributed by atoms with Crippen LogP contribution in [0.3, 0.4) is 0 Å². The molecule has 0 bridgehead atoms. The number of halogens is 1. The zero-order valence-electron chi connectivity index (χ0n) is 12.0. The van der Waals surface area contributed by atoms with Crippen LogP contribution < -0.4 is 10.2 Å². The number of amides is 2. The third-order valence-corrected chi connectivity index (χ3v) is 4.13.